The lowest BCUT2D eigenvalue weighted by Crippen LogP contribution is -1.90. The van der Waals surface area contributed by atoms with Crippen molar-refractivity contribution in [3.8, 4) is 11.4 Å². The van der Waals surface area contributed by atoms with Gasteiger partial charge in [-0.1, -0.05) is 0 Å². The topological polar surface area (TPSA) is 88.6 Å². The van der Waals surface area contributed by atoms with Crippen LogP contribution in [0.25, 0.3) is 11.4 Å². The van der Waals surface area contributed by atoms with E-state index in [1.165, 1.54) is 12.1 Å². The van der Waals surface area contributed by atoms with E-state index in [1.54, 1.807) is 12.1 Å². The summed E-state index contributed by atoms with van der Waals surface area (Å²) in [6.07, 6.45) is 0. The van der Waals surface area contributed by atoms with E-state index < -0.39 is 9.05 Å². The summed E-state index contributed by atoms with van der Waals surface area (Å²) in [6, 6.07) is 5.88. The van der Waals surface area contributed by atoms with Crippen LogP contribution in [0, 0.1) is 0 Å². The van der Waals surface area contributed by atoms with Crippen molar-refractivity contribution in [3.63, 3.8) is 0 Å². The summed E-state index contributed by atoms with van der Waals surface area (Å²) < 4.78 is 21.9. The minimum absolute atomic E-state index is 0.0383. The van der Waals surface area contributed by atoms with Gasteiger partial charge in [0.1, 0.15) is 0 Å². The molecule has 0 aliphatic carbocycles. The van der Waals surface area contributed by atoms with Gasteiger partial charge in [0.2, 0.25) is 5.82 Å². The highest BCUT2D eigenvalue weighted by molar-refractivity contribution is 8.13. The number of halogens is 1. The number of aromatic nitrogens is 4. The highest BCUT2D eigenvalue weighted by Gasteiger charge is 2.10. The lowest BCUT2D eigenvalue weighted by molar-refractivity contribution is 0.609. The van der Waals surface area contributed by atoms with Crippen LogP contribution in [0.2, 0.25) is 0 Å². The van der Waals surface area contributed by atoms with Crippen LogP contribution >= 0.6 is 10.7 Å². The van der Waals surface area contributed by atoms with Crippen molar-refractivity contribution in [1.29, 1.82) is 0 Å². The zero-order valence-corrected chi connectivity index (χ0v) is 8.83. The molecule has 0 aliphatic heterocycles. The molecule has 78 valence electrons. The van der Waals surface area contributed by atoms with Gasteiger partial charge in [0.15, 0.2) is 0 Å². The van der Waals surface area contributed by atoms with Crippen molar-refractivity contribution in [2.45, 2.75) is 4.90 Å². The van der Waals surface area contributed by atoms with Crippen molar-refractivity contribution >= 4 is 19.7 Å². The lowest BCUT2D eigenvalue weighted by atomic mass is 10.2. The first-order valence-corrected chi connectivity index (χ1v) is 6.17. The van der Waals surface area contributed by atoms with Gasteiger partial charge in [0.25, 0.3) is 9.05 Å². The van der Waals surface area contributed by atoms with E-state index in [9.17, 15) is 8.42 Å². The molecule has 0 radical (unpaired) electrons. The zero-order valence-electron chi connectivity index (χ0n) is 7.25. The first kappa shape index (κ1) is 10.1. The molecule has 0 amide bonds. The fourth-order valence-electron chi connectivity index (χ4n) is 1.05. The number of hydrogen-bond acceptors (Lipinski definition) is 5. The molecular formula is C7H5ClN4O2S. The number of rotatable bonds is 2. The molecule has 1 heterocycles. The zero-order chi connectivity index (χ0) is 10.9. The van der Waals surface area contributed by atoms with Crippen LogP contribution < -0.4 is 0 Å². The molecule has 6 nitrogen and oxygen atoms in total. The predicted octanol–water partition coefficient (Wildman–Crippen LogP) is 0.794. The van der Waals surface area contributed by atoms with Gasteiger partial charge < -0.3 is 0 Å². The minimum Gasteiger partial charge on any atom is -0.207 e. The average molecular weight is 245 g/mol. The van der Waals surface area contributed by atoms with Gasteiger partial charge in [-0.25, -0.2) is 8.42 Å². The van der Waals surface area contributed by atoms with Crippen molar-refractivity contribution < 1.29 is 8.42 Å². The number of aromatic amines is 1. The largest absolute Gasteiger partial charge is 0.261 e. The molecule has 15 heavy (non-hydrogen) atoms. The van der Waals surface area contributed by atoms with Crippen LogP contribution in [-0.4, -0.2) is 29.0 Å². The normalized spacial score (nSPS) is 11.5. The number of hydrogen-bond donors (Lipinski definition) is 1. The molecule has 0 fully saturated rings. The Morgan fingerprint density at radius 2 is 1.87 bits per heavy atom. The van der Waals surface area contributed by atoms with Crippen molar-refractivity contribution in [1.82, 2.24) is 20.6 Å². The maximum atomic E-state index is 10.9. The van der Waals surface area contributed by atoms with Gasteiger partial charge >= 0.3 is 0 Å². The molecular weight excluding hydrogens is 240 g/mol. The summed E-state index contributed by atoms with van der Waals surface area (Å²) in [7, 11) is 1.48. The molecule has 0 spiro atoms. The molecule has 0 saturated carbocycles. The smallest absolute Gasteiger partial charge is 0.207 e. The maximum absolute atomic E-state index is 10.9. The Bertz CT molecular complexity index is 549. The average Bonchev–Trinajstić information content (AvgIpc) is 2.69. The number of nitrogens with one attached hydrogen (secondary N) is 1. The molecule has 2 rings (SSSR count). The molecule has 1 N–H and O–H groups in total. The third-order valence-corrected chi connectivity index (χ3v) is 3.11. The molecule has 0 bridgehead atoms. The molecule has 0 aliphatic rings. The number of nitrogens with zero attached hydrogens (tertiary/aromatic N) is 3. The number of H-pyrrole nitrogens is 1. The van der Waals surface area contributed by atoms with E-state index in [0.717, 1.165) is 0 Å². The molecule has 1 aromatic carbocycles. The summed E-state index contributed by atoms with van der Waals surface area (Å²) in [4.78, 5) is 0.0383. The van der Waals surface area contributed by atoms with Crippen LogP contribution in [0.4, 0.5) is 0 Å². The second-order valence-electron chi connectivity index (χ2n) is 2.70. The Labute approximate surface area is 89.7 Å². The van der Waals surface area contributed by atoms with Crippen LogP contribution in [0.1, 0.15) is 0 Å². The number of benzene rings is 1. The number of tetrazole rings is 1. The van der Waals surface area contributed by atoms with E-state index in [2.05, 4.69) is 20.6 Å². The third kappa shape index (κ3) is 2.13. The Hall–Kier alpha value is -1.47. The van der Waals surface area contributed by atoms with Crippen molar-refractivity contribution in [2.75, 3.05) is 0 Å². The molecule has 1 aromatic heterocycles. The summed E-state index contributed by atoms with van der Waals surface area (Å²) in [5, 5.41) is 13.2. The summed E-state index contributed by atoms with van der Waals surface area (Å²) in [6.45, 7) is 0. The maximum Gasteiger partial charge on any atom is 0.261 e. The van der Waals surface area contributed by atoms with E-state index >= 15 is 0 Å². The fourth-order valence-corrected chi connectivity index (χ4v) is 1.82. The van der Waals surface area contributed by atoms with Gasteiger partial charge in [-0.2, -0.15) is 5.21 Å². The highest BCUT2D eigenvalue weighted by Crippen LogP contribution is 2.19. The van der Waals surface area contributed by atoms with Crippen molar-refractivity contribution in [3.05, 3.63) is 24.3 Å². The van der Waals surface area contributed by atoms with Crippen LogP contribution in [0.15, 0.2) is 29.2 Å². The van der Waals surface area contributed by atoms with Gasteiger partial charge in [0, 0.05) is 16.2 Å². The first-order valence-electron chi connectivity index (χ1n) is 3.86. The highest BCUT2D eigenvalue weighted by atomic mass is 35.7. The Morgan fingerprint density at radius 1 is 1.20 bits per heavy atom. The molecule has 0 unspecified atom stereocenters. The van der Waals surface area contributed by atoms with E-state index in [-0.39, 0.29) is 4.90 Å². The SMILES string of the molecule is O=S(=O)(Cl)c1ccc(-c2nn[nH]n2)cc1. The fraction of sp³-hybridized carbons (Fsp3) is 0. The van der Waals surface area contributed by atoms with Crippen LogP contribution in [0.5, 0.6) is 0 Å². The van der Waals surface area contributed by atoms with Crippen LogP contribution in [-0.2, 0) is 9.05 Å². The standard InChI is InChI=1S/C7H5ClN4O2S/c8-15(13,14)6-3-1-5(2-4-6)7-9-11-12-10-7/h1-4H,(H,9,10,11,12). The summed E-state index contributed by atoms with van der Waals surface area (Å²) >= 11 is 0. The molecule has 0 saturated heterocycles. The second-order valence-corrected chi connectivity index (χ2v) is 5.26. The van der Waals surface area contributed by atoms with Gasteiger partial charge in [-0.15, -0.1) is 10.2 Å². The molecule has 8 heteroatoms. The predicted molar refractivity (Wildman–Crippen MR) is 52.7 cm³/mol. The molecule has 2 aromatic rings. The Morgan fingerprint density at radius 3 is 2.33 bits per heavy atom. The minimum atomic E-state index is -3.68. The first-order chi connectivity index (χ1) is 7.07. The van der Waals surface area contributed by atoms with Gasteiger partial charge in [-0.3, -0.25) is 0 Å². The summed E-state index contributed by atoms with van der Waals surface area (Å²) in [5.74, 6) is 0.397. The summed E-state index contributed by atoms with van der Waals surface area (Å²) in [5.41, 5.74) is 0.660. The Kier molecular flexibility index (Phi) is 2.41. The Balaban J connectivity index is 2.42. The van der Waals surface area contributed by atoms with E-state index in [4.69, 9.17) is 10.7 Å². The van der Waals surface area contributed by atoms with Gasteiger partial charge in [0.05, 0.1) is 4.90 Å². The van der Waals surface area contributed by atoms with E-state index in [0.29, 0.717) is 11.4 Å². The second kappa shape index (κ2) is 3.59. The van der Waals surface area contributed by atoms with Gasteiger partial charge in [-0.05, 0) is 29.5 Å². The monoisotopic (exact) mass is 244 g/mol. The quantitative estimate of drug-likeness (QED) is 0.789. The lowest BCUT2D eigenvalue weighted by Gasteiger charge is -1.96. The van der Waals surface area contributed by atoms with Crippen molar-refractivity contribution in [2.24, 2.45) is 0 Å². The third-order valence-electron chi connectivity index (χ3n) is 1.74. The van der Waals surface area contributed by atoms with E-state index in [1.807, 2.05) is 0 Å². The van der Waals surface area contributed by atoms with Crippen LogP contribution in [0.3, 0.4) is 0 Å². The molecule has 0 atom stereocenters.